The minimum Gasteiger partial charge on any atom is -0.444 e. The summed E-state index contributed by atoms with van der Waals surface area (Å²) in [6, 6.07) is -1.61. The van der Waals surface area contributed by atoms with E-state index in [9.17, 15) is 19.5 Å². The highest BCUT2D eigenvalue weighted by atomic mass is 32.1. The number of rotatable bonds is 12. The Hall–Kier alpha value is -1.48. The lowest BCUT2D eigenvalue weighted by atomic mass is 9.99. The lowest BCUT2D eigenvalue weighted by Crippen LogP contribution is -2.53. The van der Waals surface area contributed by atoms with Crippen molar-refractivity contribution >= 4 is 30.5 Å². The van der Waals surface area contributed by atoms with Crippen molar-refractivity contribution in [2.75, 3.05) is 5.75 Å². The quantitative estimate of drug-likeness (QED) is 0.287. The molecule has 0 radical (unpaired) electrons. The van der Waals surface area contributed by atoms with Crippen LogP contribution in [-0.4, -0.2) is 58.6 Å². The molecule has 0 aliphatic heterocycles. The van der Waals surface area contributed by atoms with E-state index in [1.165, 1.54) is 0 Å². The molecule has 31 heavy (non-hydrogen) atoms. The molecule has 0 saturated carbocycles. The van der Waals surface area contributed by atoms with Crippen LogP contribution >= 0.6 is 12.6 Å². The number of nitrogens with one attached hydrogen (secondary N) is 3. The topological polar surface area (TPSA) is 117 Å². The minimum atomic E-state index is -0.771. The lowest BCUT2D eigenvalue weighted by Gasteiger charge is -2.28. The van der Waals surface area contributed by atoms with Crippen molar-refractivity contribution in [1.29, 1.82) is 0 Å². The summed E-state index contributed by atoms with van der Waals surface area (Å²) in [5.41, 5.74) is -0.639. The summed E-state index contributed by atoms with van der Waals surface area (Å²) in [6.07, 6.45) is -0.306. The highest BCUT2D eigenvalue weighted by Gasteiger charge is 2.28. The predicted molar refractivity (Wildman–Crippen MR) is 126 cm³/mol. The van der Waals surface area contributed by atoms with Crippen LogP contribution in [-0.2, 0) is 14.3 Å². The van der Waals surface area contributed by atoms with Gasteiger partial charge in [-0.25, -0.2) is 4.79 Å². The summed E-state index contributed by atoms with van der Waals surface area (Å²) in [7, 11) is 0. The zero-order chi connectivity index (χ0) is 24.4. The molecule has 0 aromatic rings. The SMILES string of the molecule is CC(C)C[C@H](NC(=O)[C@H](CCS)NC(=O)C[C@@H](NC(=O)OC(C)(C)C)C(C)C)[C@H](C)O. The zero-order valence-electron chi connectivity index (χ0n) is 20.3. The van der Waals surface area contributed by atoms with E-state index < -0.39 is 35.9 Å². The van der Waals surface area contributed by atoms with E-state index >= 15 is 0 Å². The first-order valence-corrected chi connectivity index (χ1v) is 11.7. The second-order valence-electron chi connectivity index (χ2n) is 9.82. The van der Waals surface area contributed by atoms with Crippen LogP contribution in [0.25, 0.3) is 0 Å². The van der Waals surface area contributed by atoms with E-state index in [0.29, 0.717) is 24.5 Å². The Labute approximate surface area is 193 Å². The number of carbonyl (C=O) groups is 3. The third-order valence-electron chi connectivity index (χ3n) is 4.62. The van der Waals surface area contributed by atoms with Crippen LogP contribution in [0.2, 0.25) is 0 Å². The van der Waals surface area contributed by atoms with Gasteiger partial charge in [0.1, 0.15) is 11.6 Å². The van der Waals surface area contributed by atoms with Crippen molar-refractivity contribution < 1.29 is 24.2 Å². The van der Waals surface area contributed by atoms with Crippen LogP contribution in [0.5, 0.6) is 0 Å². The van der Waals surface area contributed by atoms with Gasteiger partial charge in [-0.3, -0.25) is 9.59 Å². The van der Waals surface area contributed by atoms with Crippen LogP contribution in [0.1, 0.15) is 74.7 Å². The number of amides is 3. The summed E-state index contributed by atoms with van der Waals surface area (Å²) < 4.78 is 5.28. The van der Waals surface area contributed by atoms with E-state index in [2.05, 4.69) is 28.6 Å². The maximum Gasteiger partial charge on any atom is 0.407 e. The van der Waals surface area contributed by atoms with Gasteiger partial charge in [-0.2, -0.15) is 12.6 Å². The van der Waals surface area contributed by atoms with Crippen LogP contribution in [0.4, 0.5) is 4.79 Å². The third kappa shape index (κ3) is 13.5. The second-order valence-corrected chi connectivity index (χ2v) is 10.3. The summed E-state index contributed by atoms with van der Waals surface area (Å²) in [6.45, 7) is 14.8. The summed E-state index contributed by atoms with van der Waals surface area (Å²) in [5.74, 6) is -0.0139. The molecule has 182 valence electrons. The first-order chi connectivity index (χ1) is 14.2. The average Bonchev–Trinajstić information content (AvgIpc) is 2.57. The van der Waals surface area contributed by atoms with E-state index in [0.717, 1.165) is 0 Å². The van der Waals surface area contributed by atoms with Gasteiger partial charge in [-0.15, -0.1) is 0 Å². The molecule has 0 saturated heterocycles. The van der Waals surface area contributed by atoms with Gasteiger partial charge in [0.2, 0.25) is 11.8 Å². The van der Waals surface area contributed by atoms with Crippen molar-refractivity contribution in [3.05, 3.63) is 0 Å². The maximum absolute atomic E-state index is 12.8. The molecule has 0 aliphatic carbocycles. The summed E-state index contributed by atoms with van der Waals surface area (Å²) in [5, 5.41) is 18.3. The maximum atomic E-state index is 12.8. The van der Waals surface area contributed by atoms with Gasteiger partial charge in [0.25, 0.3) is 0 Å². The molecule has 0 aliphatic rings. The van der Waals surface area contributed by atoms with Crippen molar-refractivity contribution in [1.82, 2.24) is 16.0 Å². The molecule has 0 unspecified atom stereocenters. The number of alkyl carbamates (subject to hydrolysis) is 1. The van der Waals surface area contributed by atoms with E-state index in [4.69, 9.17) is 4.74 Å². The smallest absolute Gasteiger partial charge is 0.407 e. The number of carbonyl (C=O) groups excluding carboxylic acids is 3. The fraction of sp³-hybridized carbons (Fsp3) is 0.864. The Morgan fingerprint density at radius 3 is 1.97 bits per heavy atom. The van der Waals surface area contributed by atoms with Crippen LogP contribution in [0.15, 0.2) is 0 Å². The van der Waals surface area contributed by atoms with Gasteiger partial charge in [0, 0.05) is 12.5 Å². The van der Waals surface area contributed by atoms with Gasteiger partial charge < -0.3 is 25.8 Å². The number of aliphatic hydroxyl groups excluding tert-OH is 1. The standard InChI is InChI=1S/C22H43N3O5S/c1-13(2)11-18(15(5)26)24-20(28)16(9-10-31)23-19(27)12-17(14(3)4)25-21(29)30-22(6,7)8/h13-18,26,31H,9-12H2,1-8H3,(H,23,27)(H,24,28)(H,25,29)/t15-,16-,17+,18-/m0/s1. The Morgan fingerprint density at radius 1 is 0.968 bits per heavy atom. The molecule has 0 aromatic heterocycles. The van der Waals surface area contributed by atoms with E-state index in [1.807, 2.05) is 27.7 Å². The van der Waals surface area contributed by atoms with Gasteiger partial charge in [-0.1, -0.05) is 27.7 Å². The Balaban J connectivity index is 5.07. The molecular formula is C22H43N3O5S. The van der Waals surface area contributed by atoms with Gasteiger partial charge in [0.15, 0.2) is 0 Å². The fourth-order valence-electron chi connectivity index (χ4n) is 2.93. The Morgan fingerprint density at radius 2 is 1.55 bits per heavy atom. The van der Waals surface area contributed by atoms with E-state index in [-0.39, 0.29) is 24.2 Å². The number of thiol groups is 1. The molecule has 4 atom stereocenters. The molecule has 3 amide bonds. The van der Waals surface area contributed by atoms with Crippen LogP contribution in [0, 0.1) is 11.8 Å². The van der Waals surface area contributed by atoms with Crippen LogP contribution < -0.4 is 16.0 Å². The van der Waals surface area contributed by atoms with Gasteiger partial charge >= 0.3 is 6.09 Å². The molecule has 0 aromatic carbocycles. The van der Waals surface area contributed by atoms with Gasteiger partial charge in [0.05, 0.1) is 12.1 Å². The summed E-state index contributed by atoms with van der Waals surface area (Å²) >= 11 is 4.20. The Bertz CT molecular complexity index is 576. The highest BCUT2D eigenvalue weighted by Crippen LogP contribution is 2.12. The molecule has 4 N–H and O–H groups in total. The highest BCUT2D eigenvalue weighted by molar-refractivity contribution is 7.80. The molecule has 0 fully saturated rings. The number of hydrogen-bond acceptors (Lipinski definition) is 6. The van der Waals surface area contributed by atoms with Crippen molar-refractivity contribution in [3.8, 4) is 0 Å². The normalized spacial score (nSPS) is 15.7. The molecule has 0 heterocycles. The monoisotopic (exact) mass is 461 g/mol. The minimum absolute atomic E-state index is 0.0129. The lowest BCUT2D eigenvalue weighted by molar-refractivity contribution is -0.130. The first-order valence-electron chi connectivity index (χ1n) is 11.0. The molecule has 0 bridgehead atoms. The first kappa shape index (κ1) is 29.5. The number of aliphatic hydroxyl groups is 1. The fourth-order valence-corrected chi connectivity index (χ4v) is 3.19. The number of hydrogen-bond donors (Lipinski definition) is 5. The van der Waals surface area contributed by atoms with Crippen molar-refractivity contribution in [3.63, 3.8) is 0 Å². The Kier molecular flexibility index (Phi) is 13.2. The summed E-state index contributed by atoms with van der Waals surface area (Å²) in [4.78, 5) is 37.5. The molecule has 9 heteroatoms. The van der Waals surface area contributed by atoms with Gasteiger partial charge in [-0.05, 0) is 58.1 Å². The largest absolute Gasteiger partial charge is 0.444 e. The molecule has 0 rings (SSSR count). The molecule has 8 nitrogen and oxygen atoms in total. The predicted octanol–water partition coefficient (Wildman–Crippen LogP) is 2.64. The second kappa shape index (κ2) is 13.8. The van der Waals surface area contributed by atoms with Crippen molar-refractivity contribution in [2.45, 2.75) is 104 Å². The third-order valence-corrected chi connectivity index (χ3v) is 4.88. The van der Waals surface area contributed by atoms with Crippen molar-refractivity contribution in [2.24, 2.45) is 11.8 Å². The number of ether oxygens (including phenoxy) is 1. The van der Waals surface area contributed by atoms with E-state index in [1.54, 1.807) is 27.7 Å². The molecule has 0 spiro atoms. The molecular weight excluding hydrogens is 418 g/mol. The zero-order valence-corrected chi connectivity index (χ0v) is 21.2. The van der Waals surface area contributed by atoms with Crippen LogP contribution in [0.3, 0.4) is 0 Å². The average molecular weight is 462 g/mol.